The second-order valence-corrected chi connectivity index (χ2v) is 6.34. The summed E-state index contributed by atoms with van der Waals surface area (Å²) in [5, 5.41) is 0. The molecule has 0 aliphatic heterocycles. The van der Waals surface area contributed by atoms with E-state index < -0.39 is 0 Å². The average molecular weight is 315 g/mol. The Bertz CT molecular complexity index is 241. The maximum absolute atomic E-state index is 11.5. The van der Waals surface area contributed by atoms with Crippen LogP contribution in [0.3, 0.4) is 0 Å². The molecule has 0 aromatic rings. The quantitative estimate of drug-likeness (QED) is 0.272. The summed E-state index contributed by atoms with van der Waals surface area (Å²) in [7, 11) is 1.68. The molecule has 132 valence electrons. The molecule has 0 fully saturated rings. The molecule has 0 heterocycles. The molecule has 0 amide bonds. The van der Waals surface area contributed by atoms with Crippen LogP contribution in [0, 0.1) is 0 Å². The summed E-state index contributed by atoms with van der Waals surface area (Å²) in [6.07, 6.45) is 15.8. The predicted octanol–water partition coefficient (Wildman–Crippen LogP) is 5.66. The minimum absolute atomic E-state index is 0.0563. The van der Waals surface area contributed by atoms with E-state index in [4.69, 9.17) is 9.47 Å². The number of hydrogen-bond acceptors (Lipinski definition) is 3. The van der Waals surface area contributed by atoms with Crippen molar-refractivity contribution >= 4 is 5.97 Å². The molecule has 0 bridgehead atoms. The Kier molecular flexibility index (Phi) is 16.4. The fraction of sp³-hybridized carbons (Fsp3) is 0.947. The third-order valence-corrected chi connectivity index (χ3v) is 4.17. The van der Waals surface area contributed by atoms with E-state index in [1.165, 1.54) is 57.8 Å². The predicted molar refractivity (Wildman–Crippen MR) is 93.1 cm³/mol. The zero-order chi connectivity index (χ0) is 16.5. The molecule has 0 aromatic heterocycles. The molecule has 0 radical (unpaired) electrons. The van der Waals surface area contributed by atoms with Crippen LogP contribution < -0.4 is 0 Å². The van der Waals surface area contributed by atoms with Crippen LogP contribution in [0.2, 0.25) is 0 Å². The molecule has 0 N–H and O–H groups in total. The highest BCUT2D eigenvalue weighted by atomic mass is 16.5. The standard InChI is InChI=1S/C19H38O3/c1-4-5-6-7-8-9-10-11-12-13-14-15-19(20)22-17-16-18(2)21-3/h18H,4-17H2,1-3H3. The number of carbonyl (C=O) groups is 1. The number of hydrogen-bond donors (Lipinski definition) is 0. The van der Waals surface area contributed by atoms with Crippen molar-refractivity contribution in [2.24, 2.45) is 0 Å². The van der Waals surface area contributed by atoms with Gasteiger partial charge < -0.3 is 9.47 Å². The first-order valence-electron chi connectivity index (χ1n) is 9.39. The van der Waals surface area contributed by atoms with Gasteiger partial charge in [-0.05, 0) is 13.3 Å². The van der Waals surface area contributed by atoms with Gasteiger partial charge in [0.2, 0.25) is 0 Å². The Morgan fingerprint density at radius 1 is 0.864 bits per heavy atom. The SMILES string of the molecule is CCCCCCCCCCCCCC(=O)OCCC(C)OC. The Morgan fingerprint density at radius 2 is 1.36 bits per heavy atom. The molecule has 0 rings (SSSR count). The highest BCUT2D eigenvalue weighted by Crippen LogP contribution is 2.12. The zero-order valence-corrected chi connectivity index (χ0v) is 15.2. The molecular formula is C19H38O3. The van der Waals surface area contributed by atoms with Crippen molar-refractivity contribution in [3.8, 4) is 0 Å². The highest BCUT2D eigenvalue weighted by Gasteiger charge is 2.04. The van der Waals surface area contributed by atoms with Crippen LogP contribution in [0.15, 0.2) is 0 Å². The second kappa shape index (κ2) is 16.8. The lowest BCUT2D eigenvalue weighted by atomic mass is 10.1. The van der Waals surface area contributed by atoms with Gasteiger partial charge in [-0.3, -0.25) is 4.79 Å². The maximum atomic E-state index is 11.5. The smallest absolute Gasteiger partial charge is 0.305 e. The molecule has 0 aliphatic carbocycles. The van der Waals surface area contributed by atoms with Gasteiger partial charge in [-0.15, -0.1) is 0 Å². The second-order valence-electron chi connectivity index (χ2n) is 6.34. The summed E-state index contributed by atoms with van der Waals surface area (Å²) in [6, 6.07) is 0. The van der Waals surface area contributed by atoms with Crippen molar-refractivity contribution in [1.29, 1.82) is 0 Å². The Morgan fingerprint density at radius 3 is 1.86 bits per heavy atom. The van der Waals surface area contributed by atoms with Crippen LogP contribution in [-0.2, 0) is 14.3 Å². The van der Waals surface area contributed by atoms with Crippen LogP contribution >= 0.6 is 0 Å². The molecule has 0 saturated heterocycles. The van der Waals surface area contributed by atoms with E-state index >= 15 is 0 Å². The van der Waals surface area contributed by atoms with Gasteiger partial charge in [0.05, 0.1) is 12.7 Å². The monoisotopic (exact) mass is 314 g/mol. The normalized spacial score (nSPS) is 12.3. The lowest BCUT2D eigenvalue weighted by molar-refractivity contribution is -0.144. The number of methoxy groups -OCH3 is 1. The van der Waals surface area contributed by atoms with E-state index in [0.717, 1.165) is 19.3 Å². The van der Waals surface area contributed by atoms with Crippen LogP contribution in [0.5, 0.6) is 0 Å². The van der Waals surface area contributed by atoms with Crippen molar-refractivity contribution < 1.29 is 14.3 Å². The molecular weight excluding hydrogens is 276 g/mol. The third kappa shape index (κ3) is 15.8. The van der Waals surface area contributed by atoms with Gasteiger partial charge in [0, 0.05) is 20.0 Å². The third-order valence-electron chi connectivity index (χ3n) is 4.17. The Balaban J connectivity index is 3.17. The first-order chi connectivity index (χ1) is 10.7. The molecule has 0 saturated carbocycles. The topological polar surface area (TPSA) is 35.5 Å². The van der Waals surface area contributed by atoms with E-state index in [9.17, 15) is 4.79 Å². The van der Waals surface area contributed by atoms with Crippen LogP contribution in [0.4, 0.5) is 0 Å². The molecule has 22 heavy (non-hydrogen) atoms. The van der Waals surface area contributed by atoms with Crippen LogP contribution in [-0.4, -0.2) is 25.8 Å². The number of unbranched alkanes of at least 4 members (excludes halogenated alkanes) is 10. The van der Waals surface area contributed by atoms with Gasteiger partial charge in [0.25, 0.3) is 0 Å². The zero-order valence-electron chi connectivity index (χ0n) is 15.2. The number of ether oxygens (including phenoxy) is 2. The van der Waals surface area contributed by atoms with Gasteiger partial charge in [0.1, 0.15) is 0 Å². The van der Waals surface area contributed by atoms with Crippen molar-refractivity contribution in [3.63, 3.8) is 0 Å². The van der Waals surface area contributed by atoms with Gasteiger partial charge in [-0.2, -0.15) is 0 Å². The average Bonchev–Trinajstić information content (AvgIpc) is 2.52. The summed E-state index contributed by atoms with van der Waals surface area (Å²) in [5.41, 5.74) is 0. The van der Waals surface area contributed by atoms with E-state index in [-0.39, 0.29) is 12.1 Å². The van der Waals surface area contributed by atoms with Crippen molar-refractivity contribution in [2.75, 3.05) is 13.7 Å². The lowest BCUT2D eigenvalue weighted by Crippen LogP contribution is -2.12. The van der Waals surface area contributed by atoms with Crippen molar-refractivity contribution in [1.82, 2.24) is 0 Å². The van der Waals surface area contributed by atoms with E-state index in [1.54, 1.807) is 7.11 Å². The van der Waals surface area contributed by atoms with Crippen molar-refractivity contribution in [3.05, 3.63) is 0 Å². The van der Waals surface area contributed by atoms with Gasteiger partial charge in [-0.25, -0.2) is 0 Å². The molecule has 0 spiro atoms. The lowest BCUT2D eigenvalue weighted by Gasteiger charge is -2.09. The van der Waals surface area contributed by atoms with E-state index in [1.807, 2.05) is 6.92 Å². The fourth-order valence-electron chi connectivity index (χ4n) is 2.46. The summed E-state index contributed by atoms with van der Waals surface area (Å²) >= 11 is 0. The van der Waals surface area contributed by atoms with Gasteiger partial charge >= 0.3 is 5.97 Å². The molecule has 1 unspecified atom stereocenters. The van der Waals surface area contributed by atoms with Crippen LogP contribution in [0.1, 0.15) is 97.3 Å². The summed E-state index contributed by atoms with van der Waals surface area (Å²) < 4.78 is 10.3. The van der Waals surface area contributed by atoms with Gasteiger partial charge in [-0.1, -0.05) is 71.1 Å². The van der Waals surface area contributed by atoms with Crippen molar-refractivity contribution in [2.45, 2.75) is 103 Å². The van der Waals surface area contributed by atoms with E-state index in [2.05, 4.69) is 6.92 Å². The minimum Gasteiger partial charge on any atom is -0.466 e. The molecule has 3 heteroatoms. The largest absolute Gasteiger partial charge is 0.466 e. The fourth-order valence-corrected chi connectivity index (χ4v) is 2.46. The Labute approximate surface area is 138 Å². The minimum atomic E-state index is -0.0563. The summed E-state index contributed by atoms with van der Waals surface area (Å²) in [4.78, 5) is 11.5. The Hall–Kier alpha value is -0.570. The molecule has 0 aliphatic rings. The molecule has 0 aromatic carbocycles. The first kappa shape index (κ1) is 21.4. The summed E-state index contributed by atoms with van der Waals surface area (Å²) in [6.45, 7) is 4.72. The van der Waals surface area contributed by atoms with Gasteiger partial charge in [0.15, 0.2) is 0 Å². The molecule has 1 atom stereocenters. The number of carbonyl (C=O) groups excluding carboxylic acids is 1. The van der Waals surface area contributed by atoms with E-state index in [0.29, 0.717) is 13.0 Å². The molecule has 3 nitrogen and oxygen atoms in total. The highest BCUT2D eigenvalue weighted by molar-refractivity contribution is 5.69. The summed E-state index contributed by atoms with van der Waals surface area (Å²) in [5.74, 6) is -0.0563. The number of esters is 1. The first-order valence-corrected chi connectivity index (χ1v) is 9.39. The van der Waals surface area contributed by atoms with Crippen LogP contribution in [0.25, 0.3) is 0 Å². The maximum Gasteiger partial charge on any atom is 0.305 e. The number of rotatable bonds is 16.